The van der Waals surface area contributed by atoms with E-state index in [2.05, 4.69) is 11.9 Å². The van der Waals surface area contributed by atoms with Crippen molar-refractivity contribution in [2.24, 2.45) is 17.8 Å². The molecule has 1 aliphatic carbocycles. The molecule has 1 aliphatic rings. The number of aliphatic carboxylic acids is 1. The van der Waals surface area contributed by atoms with Gasteiger partial charge in [0.2, 0.25) is 5.91 Å². The van der Waals surface area contributed by atoms with Crippen LogP contribution in [-0.4, -0.2) is 23.5 Å². The number of amides is 1. The Hall–Kier alpha value is -1.32. The first-order valence-electron chi connectivity index (χ1n) is 6.21. The van der Waals surface area contributed by atoms with Gasteiger partial charge in [-0.05, 0) is 25.2 Å². The molecule has 0 spiro atoms. The average Bonchev–Trinajstić information content (AvgIpc) is 2.73. The van der Waals surface area contributed by atoms with Crippen LogP contribution in [0.1, 0.15) is 32.6 Å². The fraction of sp³-hybridized carbons (Fsp3) is 0.692. The van der Waals surface area contributed by atoms with Crippen molar-refractivity contribution in [3.63, 3.8) is 0 Å². The van der Waals surface area contributed by atoms with Crippen molar-refractivity contribution in [2.45, 2.75) is 32.6 Å². The molecule has 1 amide bonds. The summed E-state index contributed by atoms with van der Waals surface area (Å²) in [6.07, 6.45) is 4.73. The smallest absolute Gasteiger partial charge is 0.307 e. The first-order valence-corrected chi connectivity index (χ1v) is 6.21. The minimum atomic E-state index is -0.843. The Kier molecular flexibility index (Phi) is 5.19. The Morgan fingerprint density at radius 3 is 2.59 bits per heavy atom. The molecule has 0 aromatic carbocycles. The number of carbonyl (C=O) groups excluding carboxylic acids is 1. The highest BCUT2D eigenvalue weighted by molar-refractivity contribution is 5.85. The number of nitrogens with one attached hydrogen (secondary N) is 1. The molecular weight excluding hydrogens is 218 g/mol. The van der Waals surface area contributed by atoms with Crippen LogP contribution in [0.5, 0.6) is 0 Å². The van der Waals surface area contributed by atoms with Gasteiger partial charge >= 0.3 is 5.97 Å². The third-order valence-corrected chi connectivity index (χ3v) is 3.54. The van der Waals surface area contributed by atoms with Gasteiger partial charge in [0.1, 0.15) is 0 Å². The molecule has 0 aromatic rings. The lowest BCUT2D eigenvalue weighted by Crippen LogP contribution is -2.35. The third-order valence-electron chi connectivity index (χ3n) is 3.54. The van der Waals surface area contributed by atoms with Gasteiger partial charge in [0.15, 0.2) is 0 Å². The fourth-order valence-electron chi connectivity index (χ4n) is 2.47. The van der Waals surface area contributed by atoms with Gasteiger partial charge < -0.3 is 10.4 Å². The SMILES string of the molecule is C=CCCNC(=O)C1CC(CC)CC1C(=O)O. The summed E-state index contributed by atoms with van der Waals surface area (Å²) >= 11 is 0. The Morgan fingerprint density at radius 1 is 1.41 bits per heavy atom. The van der Waals surface area contributed by atoms with Gasteiger partial charge in [0.05, 0.1) is 11.8 Å². The topological polar surface area (TPSA) is 66.4 Å². The van der Waals surface area contributed by atoms with E-state index in [9.17, 15) is 9.59 Å². The van der Waals surface area contributed by atoms with E-state index in [1.807, 2.05) is 6.92 Å². The lowest BCUT2D eigenvalue weighted by atomic mass is 9.95. The minimum Gasteiger partial charge on any atom is -0.481 e. The molecule has 1 saturated carbocycles. The Labute approximate surface area is 102 Å². The highest BCUT2D eigenvalue weighted by atomic mass is 16.4. The molecule has 3 atom stereocenters. The molecule has 4 heteroatoms. The normalized spacial score (nSPS) is 27.7. The monoisotopic (exact) mass is 239 g/mol. The molecule has 0 saturated heterocycles. The van der Waals surface area contributed by atoms with Crippen LogP contribution in [0.4, 0.5) is 0 Å². The van der Waals surface area contributed by atoms with Crippen LogP contribution in [0.2, 0.25) is 0 Å². The van der Waals surface area contributed by atoms with Gasteiger partial charge in [0.25, 0.3) is 0 Å². The molecule has 1 rings (SSSR count). The van der Waals surface area contributed by atoms with Crippen LogP contribution in [0, 0.1) is 17.8 Å². The quantitative estimate of drug-likeness (QED) is 0.549. The maximum Gasteiger partial charge on any atom is 0.307 e. The van der Waals surface area contributed by atoms with Crippen molar-refractivity contribution in [3.05, 3.63) is 12.7 Å². The zero-order valence-corrected chi connectivity index (χ0v) is 10.3. The van der Waals surface area contributed by atoms with E-state index < -0.39 is 11.9 Å². The molecule has 1 fully saturated rings. The highest BCUT2D eigenvalue weighted by Crippen LogP contribution is 2.38. The Morgan fingerprint density at radius 2 is 2.06 bits per heavy atom. The molecule has 0 radical (unpaired) electrons. The second-order valence-electron chi connectivity index (χ2n) is 4.67. The summed E-state index contributed by atoms with van der Waals surface area (Å²) in [4.78, 5) is 23.0. The van der Waals surface area contributed by atoms with Crippen LogP contribution in [-0.2, 0) is 9.59 Å². The van der Waals surface area contributed by atoms with Gasteiger partial charge in [-0.2, -0.15) is 0 Å². The van der Waals surface area contributed by atoms with Crippen LogP contribution >= 0.6 is 0 Å². The zero-order chi connectivity index (χ0) is 12.8. The van der Waals surface area contributed by atoms with E-state index in [0.717, 1.165) is 6.42 Å². The second-order valence-corrected chi connectivity index (χ2v) is 4.67. The van der Waals surface area contributed by atoms with Crippen molar-refractivity contribution < 1.29 is 14.7 Å². The first-order chi connectivity index (χ1) is 8.10. The summed E-state index contributed by atoms with van der Waals surface area (Å²) in [6.45, 7) is 6.16. The van der Waals surface area contributed by atoms with Crippen LogP contribution in [0.15, 0.2) is 12.7 Å². The minimum absolute atomic E-state index is 0.116. The molecular formula is C13H21NO3. The van der Waals surface area contributed by atoms with E-state index in [1.165, 1.54) is 0 Å². The summed E-state index contributed by atoms with van der Waals surface area (Å²) in [5.74, 6) is -1.46. The summed E-state index contributed by atoms with van der Waals surface area (Å²) in [6, 6.07) is 0. The van der Waals surface area contributed by atoms with Gasteiger partial charge in [-0.3, -0.25) is 9.59 Å². The van der Waals surface area contributed by atoms with E-state index in [1.54, 1.807) is 6.08 Å². The number of hydrogen-bond acceptors (Lipinski definition) is 2. The number of rotatable bonds is 6. The van der Waals surface area contributed by atoms with Gasteiger partial charge in [-0.1, -0.05) is 19.4 Å². The van der Waals surface area contributed by atoms with Crippen molar-refractivity contribution in [1.82, 2.24) is 5.32 Å². The van der Waals surface area contributed by atoms with Crippen LogP contribution in [0.3, 0.4) is 0 Å². The molecule has 96 valence electrons. The van der Waals surface area contributed by atoms with Crippen molar-refractivity contribution in [1.29, 1.82) is 0 Å². The summed E-state index contributed by atoms with van der Waals surface area (Å²) in [7, 11) is 0. The predicted octanol–water partition coefficient (Wildman–Crippen LogP) is 1.82. The van der Waals surface area contributed by atoms with E-state index in [-0.39, 0.29) is 11.8 Å². The Balaban J connectivity index is 2.56. The molecule has 0 aromatic heterocycles. The number of carbonyl (C=O) groups is 2. The van der Waals surface area contributed by atoms with E-state index in [4.69, 9.17) is 5.11 Å². The van der Waals surface area contributed by atoms with E-state index >= 15 is 0 Å². The fourth-order valence-corrected chi connectivity index (χ4v) is 2.47. The van der Waals surface area contributed by atoms with Gasteiger partial charge in [-0.15, -0.1) is 6.58 Å². The summed E-state index contributed by atoms with van der Waals surface area (Å²) < 4.78 is 0. The number of hydrogen-bond donors (Lipinski definition) is 2. The van der Waals surface area contributed by atoms with Gasteiger partial charge in [-0.25, -0.2) is 0 Å². The molecule has 0 heterocycles. The molecule has 0 aliphatic heterocycles. The maximum absolute atomic E-state index is 11.9. The van der Waals surface area contributed by atoms with Crippen molar-refractivity contribution >= 4 is 11.9 Å². The molecule has 17 heavy (non-hydrogen) atoms. The largest absolute Gasteiger partial charge is 0.481 e. The Bertz CT molecular complexity index is 301. The van der Waals surface area contributed by atoms with Crippen molar-refractivity contribution in [2.75, 3.05) is 6.54 Å². The molecule has 3 unspecified atom stereocenters. The number of carboxylic acids is 1. The van der Waals surface area contributed by atoms with E-state index in [0.29, 0.717) is 31.7 Å². The van der Waals surface area contributed by atoms with Crippen LogP contribution < -0.4 is 5.32 Å². The lowest BCUT2D eigenvalue weighted by Gasteiger charge is -2.15. The highest BCUT2D eigenvalue weighted by Gasteiger charge is 2.41. The summed E-state index contributed by atoms with van der Waals surface area (Å²) in [5.41, 5.74) is 0. The lowest BCUT2D eigenvalue weighted by molar-refractivity contribution is -0.146. The molecule has 0 bridgehead atoms. The average molecular weight is 239 g/mol. The first kappa shape index (κ1) is 13.7. The molecule has 2 N–H and O–H groups in total. The molecule has 4 nitrogen and oxygen atoms in total. The summed E-state index contributed by atoms with van der Waals surface area (Å²) in [5, 5.41) is 11.9. The third kappa shape index (κ3) is 3.58. The van der Waals surface area contributed by atoms with Gasteiger partial charge in [0, 0.05) is 6.54 Å². The van der Waals surface area contributed by atoms with Crippen molar-refractivity contribution in [3.8, 4) is 0 Å². The predicted molar refractivity (Wildman–Crippen MR) is 65.5 cm³/mol. The van der Waals surface area contributed by atoms with Crippen LogP contribution in [0.25, 0.3) is 0 Å². The number of carboxylic acid groups (broad SMARTS) is 1. The second kappa shape index (κ2) is 6.42. The standard InChI is InChI=1S/C13H21NO3/c1-3-5-6-14-12(15)10-7-9(4-2)8-11(10)13(16)17/h3,9-11H,1,4-8H2,2H3,(H,14,15)(H,16,17). The maximum atomic E-state index is 11.9. The zero-order valence-electron chi connectivity index (χ0n) is 10.3.